The summed E-state index contributed by atoms with van der Waals surface area (Å²) in [6, 6.07) is -0.446. The van der Waals surface area contributed by atoms with E-state index < -0.39 is 17.5 Å². The Labute approximate surface area is 117 Å². The number of nitrogens with zero attached hydrogens (tertiary/aromatic N) is 2. The lowest BCUT2D eigenvalue weighted by Crippen LogP contribution is -2.55. The van der Waals surface area contributed by atoms with E-state index >= 15 is 0 Å². The fourth-order valence-electron chi connectivity index (χ4n) is 2.49. The van der Waals surface area contributed by atoms with Crippen LogP contribution in [0.5, 0.6) is 0 Å². The van der Waals surface area contributed by atoms with E-state index in [9.17, 15) is 14.7 Å². The third-order valence-electron chi connectivity index (χ3n) is 3.68. The van der Waals surface area contributed by atoms with Crippen LogP contribution in [0, 0.1) is 0 Å². The van der Waals surface area contributed by atoms with E-state index in [2.05, 4.69) is 15.7 Å². The minimum Gasteiger partial charge on any atom is -0.480 e. The molecule has 7 heteroatoms. The van der Waals surface area contributed by atoms with Crippen LogP contribution < -0.4 is 10.6 Å². The number of nitrogens with one attached hydrogen (secondary N) is 2. The van der Waals surface area contributed by atoms with Gasteiger partial charge in [0.05, 0.1) is 6.20 Å². The number of carbonyl (C=O) groups excluding carboxylic acids is 1. The predicted octanol–water partition coefficient (Wildman–Crippen LogP) is 1.10. The smallest absolute Gasteiger partial charge is 0.329 e. The lowest BCUT2D eigenvalue weighted by atomic mass is 9.98. The standard InChI is InChI=1S/C13H20N4O3/c1-2-17-9-10(8-15-17)7-14-12(20)16-13(11(18)19)5-3-4-6-13/h8-9H,2-7H2,1H3,(H,18,19)(H2,14,16,20). The number of rotatable bonds is 5. The molecule has 7 nitrogen and oxygen atoms in total. The minimum atomic E-state index is -1.10. The first kappa shape index (κ1) is 14.4. The Morgan fingerprint density at radius 3 is 2.70 bits per heavy atom. The van der Waals surface area contributed by atoms with Crippen molar-refractivity contribution < 1.29 is 14.7 Å². The Morgan fingerprint density at radius 2 is 2.15 bits per heavy atom. The molecular formula is C13H20N4O3. The number of amides is 2. The zero-order valence-electron chi connectivity index (χ0n) is 11.6. The maximum absolute atomic E-state index is 11.8. The quantitative estimate of drug-likeness (QED) is 0.752. The number of carboxylic acid groups (broad SMARTS) is 1. The van der Waals surface area contributed by atoms with Crippen LogP contribution in [-0.2, 0) is 17.9 Å². The molecule has 1 fully saturated rings. The van der Waals surface area contributed by atoms with Crippen molar-refractivity contribution >= 4 is 12.0 Å². The van der Waals surface area contributed by atoms with Crippen molar-refractivity contribution in [2.24, 2.45) is 0 Å². The molecule has 2 rings (SSSR count). The second-order valence-electron chi connectivity index (χ2n) is 5.11. The number of hydrogen-bond donors (Lipinski definition) is 3. The second-order valence-corrected chi connectivity index (χ2v) is 5.11. The summed E-state index contributed by atoms with van der Waals surface area (Å²) in [4.78, 5) is 23.2. The van der Waals surface area contributed by atoms with Crippen molar-refractivity contribution in [1.82, 2.24) is 20.4 Å². The highest BCUT2D eigenvalue weighted by Gasteiger charge is 2.42. The van der Waals surface area contributed by atoms with Gasteiger partial charge < -0.3 is 15.7 Å². The number of carboxylic acids is 1. The largest absolute Gasteiger partial charge is 0.480 e. The molecule has 0 bridgehead atoms. The van der Waals surface area contributed by atoms with Gasteiger partial charge in [-0.3, -0.25) is 4.68 Å². The summed E-state index contributed by atoms with van der Waals surface area (Å²) in [5, 5.41) is 18.7. The third kappa shape index (κ3) is 3.09. The van der Waals surface area contributed by atoms with Gasteiger partial charge in [0.25, 0.3) is 0 Å². The molecule has 1 aliphatic rings. The van der Waals surface area contributed by atoms with E-state index in [1.54, 1.807) is 10.9 Å². The molecule has 0 unspecified atom stereocenters. The zero-order chi connectivity index (χ0) is 14.6. The van der Waals surface area contributed by atoms with Gasteiger partial charge in [0.15, 0.2) is 0 Å². The van der Waals surface area contributed by atoms with Crippen LogP contribution in [0.2, 0.25) is 0 Å². The zero-order valence-corrected chi connectivity index (χ0v) is 11.6. The van der Waals surface area contributed by atoms with Crippen LogP contribution in [0.4, 0.5) is 4.79 Å². The highest BCUT2D eigenvalue weighted by atomic mass is 16.4. The fraction of sp³-hybridized carbons (Fsp3) is 0.615. The van der Waals surface area contributed by atoms with Crippen LogP contribution in [0.15, 0.2) is 12.4 Å². The summed E-state index contributed by atoms with van der Waals surface area (Å²) in [7, 11) is 0. The van der Waals surface area contributed by atoms with Crippen molar-refractivity contribution in [3.63, 3.8) is 0 Å². The molecule has 0 aromatic carbocycles. The van der Waals surface area contributed by atoms with Crippen molar-refractivity contribution in [2.75, 3.05) is 0 Å². The van der Waals surface area contributed by atoms with E-state index in [-0.39, 0.29) is 0 Å². The maximum Gasteiger partial charge on any atom is 0.329 e. The van der Waals surface area contributed by atoms with Crippen LogP contribution in [0.25, 0.3) is 0 Å². The monoisotopic (exact) mass is 280 g/mol. The van der Waals surface area contributed by atoms with Gasteiger partial charge in [0.2, 0.25) is 0 Å². The lowest BCUT2D eigenvalue weighted by molar-refractivity contribution is -0.144. The number of aliphatic carboxylic acids is 1. The summed E-state index contributed by atoms with van der Waals surface area (Å²) >= 11 is 0. The molecular weight excluding hydrogens is 260 g/mol. The number of aromatic nitrogens is 2. The molecule has 1 aromatic rings. The van der Waals surface area contributed by atoms with Crippen molar-refractivity contribution in [2.45, 2.75) is 51.2 Å². The fourth-order valence-corrected chi connectivity index (χ4v) is 2.49. The average molecular weight is 280 g/mol. The lowest BCUT2D eigenvalue weighted by Gasteiger charge is -2.25. The SMILES string of the molecule is CCn1cc(CNC(=O)NC2(C(=O)O)CCCC2)cn1. The molecule has 1 aliphatic carbocycles. The summed E-state index contributed by atoms with van der Waals surface area (Å²) in [6.07, 6.45) is 6.17. The van der Waals surface area contributed by atoms with Gasteiger partial charge in [0, 0.05) is 24.8 Å². The first-order valence-electron chi connectivity index (χ1n) is 6.86. The Morgan fingerprint density at radius 1 is 1.45 bits per heavy atom. The average Bonchev–Trinajstić information content (AvgIpc) is 3.05. The second kappa shape index (κ2) is 5.94. The molecule has 0 atom stereocenters. The van der Waals surface area contributed by atoms with E-state index in [1.807, 2.05) is 13.1 Å². The number of aryl methyl sites for hydroxylation is 1. The molecule has 0 aliphatic heterocycles. The molecule has 3 N–H and O–H groups in total. The Bertz CT molecular complexity index is 492. The topological polar surface area (TPSA) is 96.2 Å². The predicted molar refractivity (Wildman–Crippen MR) is 72.1 cm³/mol. The molecule has 0 spiro atoms. The molecule has 1 saturated carbocycles. The molecule has 2 amide bonds. The van der Waals surface area contributed by atoms with Gasteiger partial charge >= 0.3 is 12.0 Å². The summed E-state index contributed by atoms with van der Waals surface area (Å²) in [5.74, 6) is -0.955. The van der Waals surface area contributed by atoms with Crippen molar-refractivity contribution in [1.29, 1.82) is 0 Å². The molecule has 1 heterocycles. The highest BCUT2D eigenvalue weighted by Crippen LogP contribution is 2.29. The van der Waals surface area contributed by atoms with E-state index in [1.165, 1.54) is 0 Å². The molecule has 0 saturated heterocycles. The van der Waals surface area contributed by atoms with Crippen LogP contribution in [-0.4, -0.2) is 32.4 Å². The minimum absolute atomic E-state index is 0.335. The summed E-state index contributed by atoms with van der Waals surface area (Å²) in [6.45, 7) is 3.09. The molecule has 0 radical (unpaired) electrons. The Hall–Kier alpha value is -2.05. The van der Waals surface area contributed by atoms with Crippen molar-refractivity contribution in [3.05, 3.63) is 18.0 Å². The molecule has 1 aromatic heterocycles. The van der Waals surface area contributed by atoms with Gasteiger partial charge in [-0.1, -0.05) is 12.8 Å². The van der Waals surface area contributed by atoms with Gasteiger partial charge in [-0.2, -0.15) is 5.10 Å². The van der Waals surface area contributed by atoms with E-state index in [0.29, 0.717) is 19.4 Å². The van der Waals surface area contributed by atoms with E-state index in [4.69, 9.17) is 0 Å². The van der Waals surface area contributed by atoms with Crippen LogP contribution >= 0.6 is 0 Å². The molecule has 110 valence electrons. The van der Waals surface area contributed by atoms with Crippen LogP contribution in [0.3, 0.4) is 0 Å². The van der Waals surface area contributed by atoms with Gasteiger partial charge in [-0.05, 0) is 19.8 Å². The number of carbonyl (C=O) groups is 2. The van der Waals surface area contributed by atoms with Crippen LogP contribution in [0.1, 0.15) is 38.2 Å². The summed E-state index contributed by atoms with van der Waals surface area (Å²) in [5.41, 5.74) is -0.213. The highest BCUT2D eigenvalue weighted by molar-refractivity contribution is 5.86. The third-order valence-corrected chi connectivity index (χ3v) is 3.68. The van der Waals surface area contributed by atoms with Crippen molar-refractivity contribution in [3.8, 4) is 0 Å². The first-order chi connectivity index (χ1) is 9.55. The number of urea groups is 1. The van der Waals surface area contributed by atoms with Gasteiger partial charge in [-0.25, -0.2) is 9.59 Å². The van der Waals surface area contributed by atoms with Gasteiger partial charge in [-0.15, -0.1) is 0 Å². The molecule has 20 heavy (non-hydrogen) atoms. The number of hydrogen-bond acceptors (Lipinski definition) is 3. The van der Waals surface area contributed by atoms with E-state index in [0.717, 1.165) is 24.9 Å². The maximum atomic E-state index is 11.8. The Balaban J connectivity index is 1.87. The van der Waals surface area contributed by atoms with Gasteiger partial charge in [0.1, 0.15) is 5.54 Å². The first-order valence-corrected chi connectivity index (χ1v) is 6.86. The normalized spacial score (nSPS) is 16.9. The summed E-state index contributed by atoms with van der Waals surface area (Å²) < 4.78 is 1.77. The Kier molecular flexibility index (Phi) is 4.26.